The number of rotatable bonds is 2. The molecule has 2 aliphatic heterocycles. The summed E-state index contributed by atoms with van der Waals surface area (Å²) in [5.74, 6) is 0.811. The number of hydrogen-bond donors (Lipinski definition) is 1. The van der Waals surface area contributed by atoms with Crippen LogP contribution in [0.3, 0.4) is 0 Å². The third-order valence-corrected chi connectivity index (χ3v) is 7.53. The Morgan fingerprint density at radius 2 is 1.97 bits per heavy atom. The summed E-state index contributed by atoms with van der Waals surface area (Å²) in [6, 6.07) is 12.3. The number of allylic oxidation sites excluding steroid dienone is 2. The molecule has 156 valence electrons. The van der Waals surface area contributed by atoms with Gasteiger partial charge < -0.3 is 10.2 Å². The molecule has 2 aromatic carbocycles. The van der Waals surface area contributed by atoms with Crippen molar-refractivity contribution in [3.63, 3.8) is 0 Å². The number of benzene rings is 2. The zero-order valence-electron chi connectivity index (χ0n) is 17.1. The summed E-state index contributed by atoms with van der Waals surface area (Å²) in [5.41, 5.74) is 4.17. The molecule has 5 rings (SSSR count). The van der Waals surface area contributed by atoms with Gasteiger partial charge in [0.05, 0.1) is 6.04 Å². The number of halogens is 2. The smallest absolute Gasteiger partial charge is 0.254 e. The third-order valence-electron chi connectivity index (χ3n) is 6.97. The molecule has 1 fully saturated rings. The van der Waals surface area contributed by atoms with Crippen molar-refractivity contribution in [3.8, 4) is 0 Å². The fourth-order valence-corrected chi connectivity index (χ4v) is 5.88. The van der Waals surface area contributed by atoms with Gasteiger partial charge in [0.2, 0.25) is 0 Å². The second kappa shape index (κ2) is 7.94. The van der Waals surface area contributed by atoms with E-state index in [0.717, 1.165) is 42.6 Å². The maximum atomic E-state index is 13.2. The lowest BCUT2D eigenvalue weighted by Gasteiger charge is -2.38. The molecule has 4 atom stereocenters. The Labute approximate surface area is 188 Å². The van der Waals surface area contributed by atoms with Crippen LogP contribution in [0.4, 0.5) is 5.69 Å². The number of anilines is 1. The van der Waals surface area contributed by atoms with E-state index in [9.17, 15) is 4.79 Å². The minimum Gasteiger partial charge on any atom is -0.378 e. The summed E-state index contributed by atoms with van der Waals surface area (Å²) in [5, 5.41) is 5.05. The van der Waals surface area contributed by atoms with Gasteiger partial charge >= 0.3 is 0 Å². The molecule has 2 aromatic rings. The molecule has 2 heterocycles. The van der Waals surface area contributed by atoms with Gasteiger partial charge in [-0.05, 0) is 80.0 Å². The van der Waals surface area contributed by atoms with Gasteiger partial charge in [0.1, 0.15) is 0 Å². The normalized spacial score (nSPS) is 27.4. The zero-order chi connectivity index (χ0) is 20.8. The van der Waals surface area contributed by atoms with Crippen LogP contribution in [0.25, 0.3) is 0 Å². The maximum absolute atomic E-state index is 13.2. The van der Waals surface area contributed by atoms with Crippen LogP contribution in [-0.2, 0) is 0 Å². The fraction of sp³-hybridized carbons (Fsp3) is 0.400. The summed E-state index contributed by atoms with van der Waals surface area (Å²) in [6.07, 6.45) is 8.93. The van der Waals surface area contributed by atoms with Gasteiger partial charge in [0.25, 0.3) is 5.91 Å². The molecule has 0 saturated carbocycles. The van der Waals surface area contributed by atoms with Crippen LogP contribution in [0.15, 0.2) is 48.6 Å². The zero-order valence-corrected chi connectivity index (χ0v) is 18.6. The number of nitrogens with one attached hydrogen (secondary N) is 1. The highest BCUT2D eigenvalue weighted by Crippen LogP contribution is 2.51. The second-order valence-corrected chi connectivity index (χ2v) is 9.63. The van der Waals surface area contributed by atoms with Gasteiger partial charge in [0, 0.05) is 39.8 Å². The van der Waals surface area contributed by atoms with Crippen molar-refractivity contribution >= 4 is 34.8 Å². The van der Waals surface area contributed by atoms with Crippen LogP contribution < -0.4 is 5.32 Å². The molecule has 3 nitrogen and oxygen atoms in total. The molecule has 0 unspecified atom stereocenters. The molecule has 0 radical (unpaired) electrons. The Morgan fingerprint density at radius 1 is 1.10 bits per heavy atom. The lowest BCUT2D eigenvalue weighted by molar-refractivity contribution is 0.0635. The minimum atomic E-state index is 0.117. The lowest BCUT2D eigenvalue weighted by atomic mass is 9.76. The predicted molar refractivity (Wildman–Crippen MR) is 124 cm³/mol. The van der Waals surface area contributed by atoms with E-state index in [1.165, 1.54) is 12.0 Å². The number of hydrogen-bond acceptors (Lipinski definition) is 2. The summed E-state index contributed by atoms with van der Waals surface area (Å²) in [7, 11) is 0. The topological polar surface area (TPSA) is 32.3 Å². The lowest BCUT2D eigenvalue weighted by Crippen LogP contribution is -2.42. The fourth-order valence-electron chi connectivity index (χ4n) is 5.35. The van der Waals surface area contributed by atoms with Crippen molar-refractivity contribution < 1.29 is 4.79 Å². The highest BCUT2D eigenvalue weighted by Gasteiger charge is 2.39. The van der Waals surface area contributed by atoms with Crippen LogP contribution in [0.1, 0.15) is 66.1 Å². The highest BCUT2D eigenvalue weighted by molar-refractivity contribution is 6.35. The Morgan fingerprint density at radius 3 is 2.77 bits per heavy atom. The van der Waals surface area contributed by atoms with Crippen LogP contribution in [0.5, 0.6) is 0 Å². The van der Waals surface area contributed by atoms with E-state index in [1.54, 1.807) is 0 Å². The van der Waals surface area contributed by atoms with E-state index in [1.807, 2.05) is 29.2 Å². The van der Waals surface area contributed by atoms with Crippen molar-refractivity contribution in [1.82, 2.24) is 4.90 Å². The van der Waals surface area contributed by atoms with Crippen molar-refractivity contribution in [2.75, 3.05) is 11.9 Å². The molecule has 1 amide bonds. The quantitative estimate of drug-likeness (QED) is 0.518. The van der Waals surface area contributed by atoms with E-state index in [-0.39, 0.29) is 17.9 Å². The van der Waals surface area contributed by atoms with Gasteiger partial charge in [-0.1, -0.05) is 41.4 Å². The van der Waals surface area contributed by atoms with Crippen LogP contribution in [0, 0.1) is 5.92 Å². The number of nitrogens with zero attached hydrogens (tertiary/aromatic N) is 1. The summed E-state index contributed by atoms with van der Waals surface area (Å²) in [6.45, 7) is 3.02. The molecule has 3 aliphatic rings. The molecular formula is C25H26Cl2N2O. The number of fused-ring (bicyclic) bond motifs is 3. The molecule has 0 bridgehead atoms. The standard InChI is InChI=1S/C25H26Cl2N2O/c1-15-5-2-3-12-29(15)25(30)16-8-11-23-21(13-16)18-6-4-7-19(18)24(28-23)20-10-9-17(26)14-22(20)27/h4,6,8-11,13-15,18-19,24,28H,2-3,5,7,12H2,1H3/t15-,18+,19-,24+/m0/s1. The predicted octanol–water partition coefficient (Wildman–Crippen LogP) is 6.83. The average Bonchev–Trinajstić information content (AvgIpc) is 3.23. The van der Waals surface area contributed by atoms with E-state index < -0.39 is 0 Å². The summed E-state index contributed by atoms with van der Waals surface area (Å²) < 4.78 is 0. The van der Waals surface area contributed by atoms with Crippen LogP contribution in [0.2, 0.25) is 10.0 Å². The SMILES string of the molecule is C[C@H]1CCCCN1C(=O)c1ccc2c(c1)[C@@H]1C=CC[C@@H]1[C@H](c1ccc(Cl)cc1Cl)N2. The average molecular weight is 441 g/mol. The van der Waals surface area contributed by atoms with E-state index in [2.05, 4.69) is 36.5 Å². The van der Waals surface area contributed by atoms with Crippen molar-refractivity contribution in [3.05, 3.63) is 75.3 Å². The molecule has 0 spiro atoms. The largest absolute Gasteiger partial charge is 0.378 e. The Bertz CT molecular complexity index is 1020. The summed E-state index contributed by atoms with van der Waals surface area (Å²) >= 11 is 12.7. The molecule has 1 N–H and O–H groups in total. The van der Waals surface area contributed by atoms with E-state index in [4.69, 9.17) is 23.2 Å². The first-order chi connectivity index (χ1) is 14.5. The van der Waals surface area contributed by atoms with Gasteiger partial charge in [0.15, 0.2) is 0 Å². The third kappa shape index (κ3) is 3.42. The summed E-state index contributed by atoms with van der Waals surface area (Å²) in [4.78, 5) is 15.2. The number of carbonyl (C=O) groups excluding carboxylic acids is 1. The van der Waals surface area contributed by atoms with Gasteiger partial charge in [-0.2, -0.15) is 0 Å². The molecule has 1 aliphatic carbocycles. The van der Waals surface area contributed by atoms with Gasteiger partial charge in [-0.3, -0.25) is 4.79 Å². The number of likely N-dealkylation sites (tertiary alicyclic amines) is 1. The Kier molecular flexibility index (Phi) is 5.28. The monoisotopic (exact) mass is 440 g/mol. The Hall–Kier alpha value is -1.97. The molecule has 5 heteroatoms. The molecular weight excluding hydrogens is 415 g/mol. The Balaban J connectivity index is 1.48. The van der Waals surface area contributed by atoms with Gasteiger partial charge in [-0.15, -0.1) is 0 Å². The van der Waals surface area contributed by atoms with E-state index >= 15 is 0 Å². The first-order valence-electron chi connectivity index (χ1n) is 10.9. The molecule has 30 heavy (non-hydrogen) atoms. The molecule has 0 aromatic heterocycles. The second-order valence-electron chi connectivity index (χ2n) is 8.79. The molecule has 1 saturated heterocycles. The van der Waals surface area contributed by atoms with Crippen molar-refractivity contribution in [2.45, 2.75) is 50.6 Å². The van der Waals surface area contributed by atoms with Gasteiger partial charge in [-0.25, -0.2) is 0 Å². The van der Waals surface area contributed by atoms with Crippen molar-refractivity contribution in [2.24, 2.45) is 5.92 Å². The van der Waals surface area contributed by atoms with E-state index in [0.29, 0.717) is 22.0 Å². The number of carbonyl (C=O) groups is 1. The highest BCUT2D eigenvalue weighted by atomic mass is 35.5. The first-order valence-corrected chi connectivity index (χ1v) is 11.6. The van der Waals surface area contributed by atoms with Crippen LogP contribution >= 0.6 is 23.2 Å². The minimum absolute atomic E-state index is 0.117. The maximum Gasteiger partial charge on any atom is 0.254 e. The number of piperidine rings is 1. The first kappa shape index (κ1) is 20.0. The van der Waals surface area contributed by atoms with Crippen molar-refractivity contribution in [1.29, 1.82) is 0 Å². The van der Waals surface area contributed by atoms with Crippen LogP contribution in [-0.4, -0.2) is 23.4 Å². The number of amides is 1.